The van der Waals surface area contributed by atoms with E-state index in [-0.39, 0.29) is 12.2 Å². The summed E-state index contributed by atoms with van der Waals surface area (Å²) in [6.07, 6.45) is 3.45. The zero-order chi connectivity index (χ0) is 14.3. The van der Waals surface area contributed by atoms with Crippen molar-refractivity contribution in [3.63, 3.8) is 0 Å². The molecule has 1 rings (SSSR count). The number of esters is 1. The van der Waals surface area contributed by atoms with Gasteiger partial charge < -0.3 is 14.2 Å². The summed E-state index contributed by atoms with van der Waals surface area (Å²) < 4.78 is 15.7. The quantitative estimate of drug-likeness (QED) is 0.525. The Morgan fingerprint density at radius 1 is 1.42 bits per heavy atom. The number of carbonyl (C=O) groups is 2. The van der Waals surface area contributed by atoms with Crippen LogP contribution >= 0.6 is 0 Å². The summed E-state index contributed by atoms with van der Waals surface area (Å²) in [5, 5.41) is 0. The normalized spacial score (nSPS) is 17.3. The maximum Gasteiger partial charge on any atom is 0.313 e. The van der Waals surface area contributed by atoms with Crippen LogP contribution in [0.25, 0.3) is 0 Å². The first kappa shape index (κ1) is 15.7. The first-order valence-electron chi connectivity index (χ1n) is 6.62. The molecule has 0 unspecified atom stereocenters. The highest BCUT2D eigenvalue weighted by atomic mass is 16.7. The minimum Gasteiger partial charge on any atom is -0.468 e. The molecule has 0 aliphatic carbocycles. The average Bonchev–Trinajstić information content (AvgIpc) is 2.27. The van der Waals surface area contributed by atoms with Gasteiger partial charge in [0.1, 0.15) is 12.2 Å². The predicted molar refractivity (Wildman–Crippen MR) is 69.3 cm³/mol. The molecule has 0 fully saturated rings. The molecule has 0 atom stereocenters. The third kappa shape index (κ3) is 6.38. The van der Waals surface area contributed by atoms with Crippen molar-refractivity contribution >= 4 is 11.8 Å². The van der Waals surface area contributed by atoms with E-state index in [0.717, 1.165) is 5.76 Å². The number of ketones is 1. The van der Waals surface area contributed by atoms with Crippen LogP contribution in [0.15, 0.2) is 11.8 Å². The highest BCUT2D eigenvalue weighted by Gasteiger charge is 2.24. The molecule has 0 aromatic heterocycles. The van der Waals surface area contributed by atoms with Gasteiger partial charge in [0.2, 0.25) is 5.79 Å². The Bertz CT molecular complexity index is 357. The minimum atomic E-state index is -0.598. The maximum absolute atomic E-state index is 11.5. The van der Waals surface area contributed by atoms with E-state index in [1.54, 1.807) is 6.92 Å². The van der Waals surface area contributed by atoms with Crippen LogP contribution in [0.2, 0.25) is 0 Å². The molecule has 0 spiro atoms. The SMILES string of the molecule is CCOC(=O)CC(=O)CCCC1=CCOC(C)(C)O1. The van der Waals surface area contributed by atoms with E-state index in [2.05, 4.69) is 0 Å². The Labute approximate surface area is 113 Å². The van der Waals surface area contributed by atoms with Gasteiger partial charge in [0, 0.05) is 26.7 Å². The molecule has 1 aliphatic heterocycles. The van der Waals surface area contributed by atoms with Gasteiger partial charge in [-0.1, -0.05) is 0 Å². The number of ether oxygens (including phenoxy) is 3. The van der Waals surface area contributed by atoms with E-state index in [4.69, 9.17) is 14.2 Å². The van der Waals surface area contributed by atoms with Crippen LogP contribution in [0.5, 0.6) is 0 Å². The van der Waals surface area contributed by atoms with Crippen molar-refractivity contribution in [2.75, 3.05) is 13.2 Å². The lowest BCUT2D eigenvalue weighted by Crippen LogP contribution is -2.31. The molecular weight excluding hydrogens is 248 g/mol. The van der Waals surface area contributed by atoms with Crippen molar-refractivity contribution in [3.8, 4) is 0 Å². The van der Waals surface area contributed by atoms with E-state index in [0.29, 0.717) is 32.5 Å². The van der Waals surface area contributed by atoms with Gasteiger partial charge in [-0.15, -0.1) is 0 Å². The highest BCUT2D eigenvalue weighted by molar-refractivity contribution is 5.95. The fourth-order valence-corrected chi connectivity index (χ4v) is 1.80. The highest BCUT2D eigenvalue weighted by Crippen LogP contribution is 2.24. The van der Waals surface area contributed by atoms with Crippen LogP contribution in [-0.2, 0) is 23.8 Å². The molecule has 0 N–H and O–H groups in total. The van der Waals surface area contributed by atoms with E-state index in [1.807, 2.05) is 19.9 Å². The number of carbonyl (C=O) groups excluding carboxylic acids is 2. The largest absolute Gasteiger partial charge is 0.468 e. The number of allylic oxidation sites excluding steroid dienone is 1. The van der Waals surface area contributed by atoms with Crippen molar-refractivity contribution in [1.29, 1.82) is 0 Å². The van der Waals surface area contributed by atoms with E-state index in [1.165, 1.54) is 0 Å². The van der Waals surface area contributed by atoms with Crippen molar-refractivity contribution < 1.29 is 23.8 Å². The molecule has 0 amide bonds. The summed E-state index contributed by atoms with van der Waals surface area (Å²) in [6.45, 7) is 6.26. The maximum atomic E-state index is 11.5. The first-order valence-corrected chi connectivity index (χ1v) is 6.62. The van der Waals surface area contributed by atoms with Crippen molar-refractivity contribution in [2.24, 2.45) is 0 Å². The molecule has 1 aliphatic rings. The Kier molecular flexibility index (Phi) is 6.02. The smallest absolute Gasteiger partial charge is 0.313 e. The van der Waals surface area contributed by atoms with Crippen LogP contribution in [0, 0.1) is 0 Å². The molecule has 1 heterocycles. The molecule has 108 valence electrons. The number of Topliss-reactive ketones (excluding diaryl/α,β-unsaturated/α-hetero) is 1. The standard InChI is InChI=1S/C14H22O5/c1-4-17-13(16)10-11(15)6-5-7-12-8-9-18-14(2,3)19-12/h8H,4-7,9-10H2,1-3H3. The fraction of sp³-hybridized carbons (Fsp3) is 0.714. The molecule has 0 bridgehead atoms. The Hall–Kier alpha value is -1.36. The predicted octanol–water partition coefficient (Wildman–Crippen LogP) is 2.35. The molecule has 0 aromatic carbocycles. The summed E-state index contributed by atoms with van der Waals surface area (Å²) in [5.41, 5.74) is 0. The zero-order valence-electron chi connectivity index (χ0n) is 11.9. The van der Waals surface area contributed by atoms with Gasteiger partial charge in [-0.25, -0.2) is 0 Å². The lowest BCUT2D eigenvalue weighted by Gasteiger charge is -2.31. The molecule has 0 aromatic rings. The second-order valence-electron chi connectivity index (χ2n) is 4.86. The second-order valence-corrected chi connectivity index (χ2v) is 4.86. The number of hydrogen-bond acceptors (Lipinski definition) is 5. The molecule has 0 saturated heterocycles. The number of rotatable bonds is 7. The summed E-state index contributed by atoms with van der Waals surface area (Å²) in [5.74, 6) is -0.292. The van der Waals surface area contributed by atoms with E-state index < -0.39 is 11.8 Å². The molecule has 0 radical (unpaired) electrons. The number of hydrogen-bond donors (Lipinski definition) is 0. The van der Waals surface area contributed by atoms with Crippen LogP contribution < -0.4 is 0 Å². The van der Waals surface area contributed by atoms with Crippen molar-refractivity contribution in [3.05, 3.63) is 11.8 Å². The van der Waals surface area contributed by atoms with Gasteiger partial charge in [-0.05, 0) is 19.4 Å². The Morgan fingerprint density at radius 3 is 2.79 bits per heavy atom. The second kappa shape index (κ2) is 7.28. The Morgan fingerprint density at radius 2 is 2.16 bits per heavy atom. The average molecular weight is 270 g/mol. The van der Waals surface area contributed by atoms with Crippen molar-refractivity contribution in [2.45, 2.75) is 52.2 Å². The van der Waals surface area contributed by atoms with E-state index >= 15 is 0 Å². The monoisotopic (exact) mass is 270 g/mol. The fourth-order valence-electron chi connectivity index (χ4n) is 1.80. The molecule has 19 heavy (non-hydrogen) atoms. The van der Waals surface area contributed by atoms with Gasteiger partial charge in [-0.2, -0.15) is 0 Å². The van der Waals surface area contributed by atoms with Crippen LogP contribution in [0.3, 0.4) is 0 Å². The topological polar surface area (TPSA) is 61.8 Å². The van der Waals surface area contributed by atoms with Crippen LogP contribution in [-0.4, -0.2) is 30.8 Å². The third-order valence-electron chi connectivity index (χ3n) is 2.64. The summed E-state index contributed by atoms with van der Waals surface area (Å²) in [7, 11) is 0. The van der Waals surface area contributed by atoms with Gasteiger partial charge in [0.25, 0.3) is 0 Å². The molecule has 0 saturated carbocycles. The minimum absolute atomic E-state index is 0.0923. The summed E-state index contributed by atoms with van der Waals surface area (Å²) >= 11 is 0. The van der Waals surface area contributed by atoms with Crippen LogP contribution in [0.4, 0.5) is 0 Å². The van der Waals surface area contributed by atoms with Crippen LogP contribution in [0.1, 0.15) is 46.5 Å². The summed E-state index contributed by atoms with van der Waals surface area (Å²) in [4.78, 5) is 22.6. The van der Waals surface area contributed by atoms with E-state index in [9.17, 15) is 9.59 Å². The van der Waals surface area contributed by atoms with Gasteiger partial charge in [0.05, 0.1) is 19.0 Å². The molecule has 5 nitrogen and oxygen atoms in total. The summed E-state index contributed by atoms with van der Waals surface area (Å²) in [6, 6.07) is 0. The lowest BCUT2D eigenvalue weighted by molar-refractivity contribution is -0.198. The molecule has 5 heteroatoms. The van der Waals surface area contributed by atoms with Gasteiger partial charge in [-0.3, -0.25) is 9.59 Å². The van der Waals surface area contributed by atoms with Crippen molar-refractivity contribution in [1.82, 2.24) is 0 Å². The third-order valence-corrected chi connectivity index (χ3v) is 2.64. The lowest BCUT2D eigenvalue weighted by atomic mass is 10.1. The van der Waals surface area contributed by atoms with Gasteiger partial charge >= 0.3 is 5.97 Å². The first-order chi connectivity index (χ1) is 8.93. The molecular formula is C14H22O5. The Balaban J connectivity index is 2.22. The van der Waals surface area contributed by atoms with Gasteiger partial charge in [0.15, 0.2) is 0 Å². The zero-order valence-corrected chi connectivity index (χ0v) is 11.9.